The fourth-order valence-corrected chi connectivity index (χ4v) is 3.47. The van der Waals surface area contributed by atoms with Crippen molar-refractivity contribution in [2.75, 3.05) is 12.8 Å². The molecule has 0 bridgehead atoms. The smallest absolute Gasteiger partial charge is 0.350 e. The normalized spacial score (nSPS) is 10.6. The summed E-state index contributed by atoms with van der Waals surface area (Å²) in [6.45, 7) is 6.20. The summed E-state index contributed by atoms with van der Waals surface area (Å²) in [5, 5.41) is 0. The lowest BCUT2D eigenvalue weighted by molar-refractivity contribution is 0.0607. The molecule has 2 aromatic rings. The summed E-state index contributed by atoms with van der Waals surface area (Å²) >= 11 is 1.43. The third kappa shape index (κ3) is 2.43. The van der Waals surface area contributed by atoms with E-state index in [1.54, 1.807) is 0 Å². The highest BCUT2D eigenvalue weighted by Crippen LogP contribution is 2.41. The molecule has 0 amide bonds. The van der Waals surface area contributed by atoms with Crippen molar-refractivity contribution in [3.8, 4) is 11.1 Å². The van der Waals surface area contributed by atoms with Gasteiger partial charge in [0.1, 0.15) is 4.88 Å². The zero-order chi connectivity index (χ0) is 14.9. The second-order valence-corrected chi connectivity index (χ2v) is 5.91. The van der Waals surface area contributed by atoms with Crippen molar-refractivity contribution in [2.45, 2.75) is 27.2 Å². The molecule has 4 heteroatoms. The van der Waals surface area contributed by atoms with Gasteiger partial charge in [-0.3, -0.25) is 0 Å². The molecule has 3 nitrogen and oxygen atoms in total. The maximum atomic E-state index is 11.8. The molecule has 106 valence electrons. The van der Waals surface area contributed by atoms with Gasteiger partial charge >= 0.3 is 5.97 Å². The molecule has 0 radical (unpaired) electrons. The molecule has 0 fully saturated rings. The molecular formula is C16H19NO2S. The number of benzene rings is 1. The minimum Gasteiger partial charge on any atom is -0.465 e. The summed E-state index contributed by atoms with van der Waals surface area (Å²) < 4.78 is 4.81. The van der Waals surface area contributed by atoms with Crippen LogP contribution in [0.25, 0.3) is 11.1 Å². The lowest BCUT2D eigenvalue weighted by atomic mass is 9.97. The molecule has 0 saturated heterocycles. The van der Waals surface area contributed by atoms with Gasteiger partial charge in [-0.25, -0.2) is 4.79 Å². The van der Waals surface area contributed by atoms with Crippen molar-refractivity contribution in [2.24, 2.45) is 0 Å². The van der Waals surface area contributed by atoms with Crippen LogP contribution in [0.2, 0.25) is 0 Å². The van der Waals surface area contributed by atoms with Crippen LogP contribution < -0.4 is 5.73 Å². The van der Waals surface area contributed by atoms with Crippen LogP contribution in [0.15, 0.2) is 18.2 Å². The Morgan fingerprint density at radius 3 is 2.60 bits per heavy atom. The van der Waals surface area contributed by atoms with Crippen molar-refractivity contribution in [1.29, 1.82) is 0 Å². The molecular weight excluding hydrogens is 270 g/mol. The van der Waals surface area contributed by atoms with Gasteiger partial charge < -0.3 is 10.5 Å². The second kappa shape index (κ2) is 5.67. The van der Waals surface area contributed by atoms with Gasteiger partial charge in [0.2, 0.25) is 0 Å². The van der Waals surface area contributed by atoms with E-state index in [-0.39, 0.29) is 5.97 Å². The highest BCUT2D eigenvalue weighted by molar-refractivity contribution is 7.15. The third-order valence-corrected chi connectivity index (χ3v) is 4.69. The summed E-state index contributed by atoms with van der Waals surface area (Å²) in [5.41, 5.74) is 11.2. The van der Waals surface area contributed by atoms with E-state index >= 15 is 0 Å². The van der Waals surface area contributed by atoms with Crippen LogP contribution >= 0.6 is 11.3 Å². The van der Waals surface area contributed by atoms with Crippen LogP contribution in [-0.4, -0.2) is 13.1 Å². The SMILES string of the molecule is CCc1sc(C(=O)OC)c(N)c1-c1ccc(C)cc1C. The Morgan fingerprint density at radius 2 is 2.05 bits per heavy atom. The number of esters is 1. The molecule has 1 aromatic carbocycles. The summed E-state index contributed by atoms with van der Waals surface area (Å²) in [6, 6.07) is 6.27. The molecule has 2 rings (SSSR count). The lowest BCUT2D eigenvalue weighted by Gasteiger charge is -2.09. The number of hydrogen-bond donors (Lipinski definition) is 1. The molecule has 0 atom stereocenters. The van der Waals surface area contributed by atoms with Gasteiger partial charge in [-0.1, -0.05) is 30.7 Å². The number of nitrogen functional groups attached to an aromatic ring is 1. The number of hydrogen-bond acceptors (Lipinski definition) is 4. The first-order valence-corrected chi connectivity index (χ1v) is 7.38. The monoisotopic (exact) mass is 289 g/mol. The van der Waals surface area contributed by atoms with Crippen LogP contribution in [0.3, 0.4) is 0 Å². The Kier molecular flexibility index (Phi) is 4.14. The number of aryl methyl sites for hydroxylation is 3. The molecule has 0 unspecified atom stereocenters. The largest absolute Gasteiger partial charge is 0.465 e. The first-order chi connectivity index (χ1) is 9.49. The van der Waals surface area contributed by atoms with Gasteiger partial charge in [0.15, 0.2) is 0 Å². The predicted molar refractivity (Wildman–Crippen MR) is 84.4 cm³/mol. The summed E-state index contributed by atoms with van der Waals surface area (Å²) in [6.07, 6.45) is 0.842. The number of rotatable bonds is 3. The van der Waals surface area contributed by atoms with Crippen molar-refractivity contribution in [3.63, 3.8) is 0 Å². The van der Waals surface area contributed by atoms with Crippen LogP contribution in [0.4, 0.5) is 5.69 Å². The first kappa shape index (κ1) is 14.6. The van der Waals surface area contributed by atoms with Crippen LogP contribution in [-0.2, 0) is 11.2 Å². The first-order valence-electron chi connectivity index (χ1n) is 6.56. The van der Waals surface area contributed by atoms with E-state index in [9.17, 15) is 4.79 Å². The predicted octanol–water partition coefficient (Wildman–Crippen LogP) is 3.96. The summed E-state index contributed by atoms with van der Waals surface area (Å²) in [4.78, 5) is 13.4. The number of anilines is 1. The molecule has 0 aliphatic carbocycles. The van der Waals surface area contributed by atoms with Crippen molar-refractivity contribution >= 4 is 23.0 Å². The number of methoxy groups -OCH3 is 1. The second-order valence-electron chi connectivity index (χ2n) is 4.81. The fourth-order valence-electron chi connectivity index (χ4n) is 2.38. The minimum absolute atomic E-state index is 0.363. The summed E-state index contributed by atoms with van der Waals surface area (Å²) in [5.74, 6) is -0.363. The quantitative estimate of drug-likeness (QED) is 0.870. The Hall–Kier alpha value is -1.81. The van der Waals surface area contributed by atoms with E-state index in [2.05, 4.69) is 39.0 Å². The van der Waals surface area contributed by atoms with E-state index in [1.165, 1.54) is 29.6 Å². The molecule has 20 heavy (non-hydrogen) atoms. The van der Waals surface area contributed by atoms with Gasteiger partial charge in [-0.05, 0) is 31.4 Å². The average molecular weight is 289 g/mol. The van der Waals surface area contributed by atoms with E-state index in [0.29, 0.717) is 10.6 Å². The van der Waals surface area contributed by atoms with E-state index in [1.807, 2.05) is 0 Å². The topological polar surface area (TPSA) is 52.3 Å². The Morgan fingerprint density at radius 1 is 1.35 bits per heavy atom. The molecule has 2 N–H and O–H groups in total. The van der Waals surface area contributed by atoms with Crippen LogP contribution in [0.1, 0.15) is 32.6 Å². The van der Waals surface area contributed by atoms with Crippen molar-refractivity contribution in [1.82, 2.24) is 0 Å². The third-order valence-electron chi connectivity index (χ3n) is 3.36. The molecule has 1 aromatic heterocycles. The molecule has 0 spiro atoms. The number of nitrogens with two attached hydrogens (primary N) is 1. The van der Waals surface area contributed by atoms with Crippen LogP contribution in [0.5, 0.6) is 0 Å². The Labute approximate surface area is 123 Å². The Balaban J connectivity index is 2.67. The lowest BCUT2D eigenvalue weighted by Crippen LogP contribution is -2.02. The highest BCUT2D eigenvalue weighted by Gasteiger charge is 2.22. The maximum Gasteiger partial charge on any atom is 0.350 e. The zero-order valence-corrected chi connectivity index (χ0v) is 13.1. The number of ether oxygens (including phenoxy) is 1. The van der Waals surface area contributed by atoms with Crippen LogP contribution in [0, 0.1) is 13.8 Å². The van der Waals surface area contributed by atoms with E-state index < -0.39 is 0 Å². The molecule has 0 aliphatic heterocycles. The van der Waals surface area contributed by atoms with Crippen molar-refractivity contribution in [3.05, 3.63) is 39.1 Å². The molecule has 0 aliphatic rings. The highest BCUT2D eigenvalue weighted by atomic mass is 32.1. The Bertz CT molecular complexity index is 659. The zero-order valence-electron chi connectivity index (χ0n) is 12.2. The number of carbonyl (C=O) groups is 1. The molecule has 1 heterocycles. The number of thiophene rings is 1. The van der Waals surface area contributed by atoms with Gasteiger partial charge in [0, 0.05) is 10.4 Å². The summed E-state index contributed by atoms with van der Waals surface area (Å²) in [7, 11) is 1.38. The van der Waals surface area contributed by atoms with Crippen molar-refractivity contribution < 1.29 is 9.53 Å². The van der Waals surface area contributed by atoms with Gasteiger partial charge in [0.05, 0.1) is 12.8 Å². The standard InChI is InChI=1S/C16H19NO2S/c1-5-12-13(11-7-6-9(2)8-10(11)3)14(17)15(20-12)16(18)19-4/h6-8H,5,17H2,1-4H3. The fraction of sp³-hybridized carbons (Fsp3) is 0.312. The van der Waals surface area contributed by atoms with Gasteiger partial charge in [-0.15, -0.1) is 11.3 Å². The maximum absolute atomic E-state index is 11.8. The van der Waals surface area contributed by atoms with E-state index in [0.717, 1.165) is 22.4 Å². The van der Waals surface area contributed by atoms with Gasteiger partial charge in [-0.2, -0.15) is 0 Å². The average Bonchev–Trinajstić information content (AvgIpc) is 2.75. The number of carbonyl (C=O) groups excluding carboxylic acids is 1. The minimum atomic E-state index is -0.363. The van der Waals surface area contributed by atoms with E-state index in [4.69, 9.17) is 10.5 Å². The molecule has 0 saturated carbocycles. The van der Waals surface area contributed by atoms with Gasteiger partial charge in [0.25, 0.3) is 0 Å².